The van der Waals surface area contributed by atoms with E-state index >= 15 is 0 Å². The number of hydrogen-bond donors (Lipinski definition) is 0. The molecular weight excluding hydrogens is 372 g/mol. The number of nitrogens with zero attached hydrogens (tertiary/aromatic N) is 2. The summed E-state index contributed by atoms with van der Waals surface area (Å²) in [4.78, 5) is 18.5. The minimum atomic E-state index is -0.449. The van der Waals surface area contributed by atoms with Gasteiger partial charge in [0.1, 0.15) is 5.60 Å². The van der Waals surface area contributed by atoms with E-state index < -0.39 is 5.60 Å². The van der Waals surface area contributed by atoms with Gasteiger partial charge < -0.3 is 14.4 Å². The molecule has 0 unspecified atom stereocenters. The van der Waals surface area contributed by atoms with Crippen LogP contribution in [0.25, 0.3) is 0 Å². The van der Waals surface area contributed by atoms with Crippen molar-refractivity contribution in [3.8, 4) is 5.88 Å². The van der Waals surface area contributed by atoms with Gasteiger partial charge in [-0.25, -0.2) is 9.78 Å². The normalized spacial score (nSPS) is 18.3. The lowest BCUT2D eigenvalue weighted by molar-refractivity contribution is 0.00822. The standard InChI is InChI=1S/C18H27BrN2O3/c1-18(2,3)24-17(22)21-11-5-4-7-15(21)8-6-12-23-16-10-9-14(19)13-20-16/h9-10,13,15H,4-8,11-12H2,1-3H3/t15-/m1/s1. The summed E-state index contributed by atoms with van der Waals surface area (Å²) in [6.45, 7) is 7.11. The number of likely N-dealkylation sites (tertiary alicyclic amines) is 1. The van der Waals surface area contributed by atoms with Crippen LogP contribution in [0.5, 0.6) is 5.88 Å². The van der Waals surface area contributed by atoms with E-state index in [9.17, 15) is 4.79 Å². The van der Waals surface area contributed by atoms with Crippen molar-refractivity contribution in [2.24, 2.45) is 0 Å². The first-order valence-corrected chi connectivity index (χ1v) is 9.38. The summed E-state index contributed by atoms with van der Waals surface area (Å²) in [5, 5.41) is 0. The molecule has 0 aromatic carbocycles. The Kier molecular flexibility index (Phi) is 6.90. The van der Waals surface area contributed by atoms with E-state index in [1.165, 1.54) is 6.42 Å². The van der Waals surface area contributed by atoms with Crippen LogP contribution in [0.4, 0.5) is 4.79 Å². The largest absolute Gasteiger partial charge is 0.478 e. The summed E-state index contributed by atoms with van der Waals surface area (Å²) in [5.41, 5.74) is -0.449. The first-order valence-electron chi connectivity index (χ1n) is 8.59. The number of pyridine rings is 1. The van der Waals surface area contributed by atoms with Crippen molar-refractivity contribution in [2.45, 2.75) is 64.5 Å². The summed E-state index contributed by atoms with van der Waals surface area (Å²) in [5.74, 6) is 0.630. The summed E-state index contributed by atoms with van der Waals surface area (Å²) in [7, 11) is 0. The fourth-order valence-electron chi connectivity index (χ4n) is 2.80. The molecule has 0 radical (unpaired) electrons. The van der Waals surface area contributed by atoms with Gasteiger partial charge in [-0.1, -0.05) is 0 Å². The van der Waals surface area contributed by atoms with Crippen LogP contribution in [0, 0.1) is 0 Å². The van der Waals surface area contributed by atoms with Crippen molar-refractivity contribution < 1.29 is 14.3 Å². The number of ether oxygens (including phenoxy) is 2. The van der Waals surface area contributed by atoms with Gasteiger partial charge in [-0.2, -0.15) is 0 Å². The van der Waals surface area contributed by atoms with Gasteiger partial charge in [0.15, 0.2) is 0 Å². The number of piperidine rings is 1. The smallest absolute Gasteiger partial charge is 0.410 e. The summed E-state index contributed by atoms with van der Waals surface area (Å²) in [6, 6.07) is 4.00. The van der Waals surface area contributed by atoms with E-state index in [2.05, 4.69) is 20.9 Å². The zero-order valence-corrected chi connectivity index (χ0v) is 16.3. The molecule has 0 bridgehead atoms. The molecule has 24 heavy (non-hydrogen) atoms. The van der Waals surface area contributed by atoms with E-state index in [1.54, 1.807) is 6.20 Å². The first kappa shape index (κ1) is 19.0. The maximum absolute atomic E-state index is 12.4. The highest BCUT2D eigenvalue weighted by atomic mass is 79.9. The molecule has 1 aliphatic rings. The third-order valence-electron chi connectivity index (χ3n) is 3.89. The van der Waals surface area contributed by atoms with Gasteiger partial charge in [-0.05, 0) is 74.9 Å². The van der Waals surface area contributed by atoms with Crippen LogP contribution in [0.1, 0.15) is 52.9 Å². The minimum Gasteiger partial charge on any atom is -0.478 e. The summed E-state index contributed by atoms with van der Waals surface area (Å²) >= 11 is 3.35. The Morgan fingerprint density at radius 3 is 2.83 bits per heavy atom. The number of carbonyl (C=O) groups excluding carboxylic acids is 1. The Bertz CT molecular complexity index is 528. The molecule has 1 aliphatic heterocycles. The lowest BCUT2D eigenvalue weighted by Gasteiger charge is -2.36. The van der Waals surface area contributed by atoms with Crippen LogP contribution in [0.15, 0.2) is 22.8 Å². The second-order valence-electron chi connectivity index (χ2n) is 7.13. The van der Waals surface area contributed by atoms with E-state index in [0.717, 1.165) is 36.7 Å². The van der Waals surface area contributed by atoms with Gasteiger partial charge in [-0.3, -0.25) is 0 Å². The van der Waals surface area contributed by atoms with E-state index in [0.29, 0.717) is 12.5 Å². The highest BCUT2D eigenvalue weighted by Gasteiger charge is 2.30. The second-order valence-corrected chi connectivity index (χ2v) is 8.04. The maximum atomic E-state index is 12.4. The first-order chi connectivity index (χ1) is 11.3. The molecule has 134 valence electrons. The van der Waals surface area contributed by atoms with Crippen LogP contribution in [-0.2, 0) is 4.74 Å². The van der Waals surface area contributed by atoms with Crippen molar-refractivity contribution in [1.82, 2.24) is 9.88 Å². The SMILES string of the molecule is CC(C)(C)OC(=O)N1CCCC[C@@H]1CCCOc1ccc(Br)cn1. The molecule has 0 N–H and O–H groups in total. The van der Waals surface area contributed by atoms with Gasteiger partial charge >= 0.3 is 6.09 Å². The predicted octanol–water partition coefficient (Wildman–Crippen LogP) is 4.79. The van der Waals surface area contributed by atoms with Crippen LogP contribution in [0.2, 0.25) is 0 Å². The topological polar surface area (TPSA) is 51.7 Å². The molecule has 0 saturated carbocycles. The Hall–Kier alpha value is -1.30. The minimum absolute atomic E-state index is 0.192. The molecule has 1 atom stereocenters. The highest BCUT2D eigenvalue weighted by Crippen LogP contribution is 2.23. The Balaban J connectivity index is 1.78. The van der Waals surface area contributed by atoms with Crippen molar-refractivity contribution >= 4 is 22.0 Å². The highest BCUT2D eigenvalue weighted by molar-refractivity contribution is 9.10. The Morgan fingerprint density at radius 2 is 2.17 bits per heavy atom. The van der Waals surface area contributed by atoms with Gasteiger partial charge in [0.2, 0.25) is 5.88 Å². The van der Waals surface area contributed by atoms with Gasteiger partial charge in [0.25, 0.3) is 0 Å². The zero-order valence-electron chi connectivity index (χ0n) is 14.8. The molecule has 0 spiro atoms. The van der Waals surface area contributed by atoms with Crippen molar-refractivity contribution in [1.29, 1.82) is 0 Å². The average Bonchev–Trinajstić information content (AvgIpc) is 2.52. The number of carbonyl (C=O) groups is 1. The van der Waals surface area contributed by atoms with Crippen LogP contribution in [0.3, 0.4) is 0 Å². The number of amides is 1. The van der Waals surface area contributed by atoms with Gasteiger partial charge in [0, 0.05) is 29.3 Å². The Morgan fingerprint density at radius 1 is 1.38 bits per heavy atom. The molecule has 0 aliphatic carbocycles. The molecule has 5 nitrogen and oxygen atoms in total. The van der Waals surface area contributed by atoms with Crippen LogP contribution < -0.4 is 4.74 Å². The third-order valence-corrected chi connectivity index (χ3v) is 4.36. The predicted molar refractivity (Wildman–Crippen MR) is 97.2 cm³/mol. The number of rotatable bonds is 5. The molecule has 1 aromatic heterocycles. The fourth-order valence-corrected chi connectivity index (χ4v) is 3.04. The number of hydrogen-bond acceptors (Lipinski definition) is 4. The number of halogens is 1. The molecule has 2 heterocycles. The fraction of sp³-hybridized carbons (Fsp3) is 0.667. The van der Waals surface area contributed by atoms with Crippen molar-refractivity contribution in [3.63, 3.8) is 0 Å². The molecular formula is C18H27BrN2O3. The average molecular weight is 399 g/mol. The van der Waals surface area contributed by atoms with Crippen LogP contribution >= 0.6 is 15.9 Å². The Labute approximate surface area is 152 Å². The lowest BCUT2D eigenvalue weighted by Crippen LogP contribution is -2.46. The molecule has 1 amide bonds. The quantitative estimate of drug-likeness (QED) is 0.668. The third kappa shape index (κ3) is 6.30. The van der Waals surface area contributed by atoms with Crippen molar-refractivity contribution in [2.75, 3.05) is 13.2 Å². The molecule has 2 rings (SSSR count). The van der Waals surface area contributed by atoms with E-state index in [4.69, 9.17) is 9.47 Å². The molecule has 1 fully saturated rings. The zero-order chi connectivity index (χ0) is 17.6. The second kappa shape index (κ2) is 8.70. The molecule has 1 aromatic rings. The van der Waals surface area contributed by atoms with Crippen LogP contribution in [-0.4, -0.2) is 40.8 Å². The van der Waals surface area contributed by atoms with Gasteiger partial charge in [0.05, 0.1) is 6.61 Å². The summed E-state index contributed by atoms with van der Waals surface area (Å²) in [6.07, 6.45) is 6.60. The van der Waals surface area contributed by atoms with Crippen molar-refractivity contribution in [3.05, 3.63) is 22.8 Å². The van der Waals surface area contributed by atoms with E-state index in [-0.39, 0.29) is 12.1 Å². The maximum Gasteiger partial charge on any atom is 0.410 e. The monoisotopic (exact) mass is 398 g/mol. The van der Waals surface area contributed by atoms with E-state index in [1.807, 2.05) is 37.8 Å². The number of aromatic nitrogens is 1. The molecule has 6 heteroatoms. The van der Waals surface area contributed by atoms with Gasteiger partial charge in [-0.15, -0.1) is 0 Å². The molecule has 1 saturated heterocycles. The lowest BCUT2D eigenvalue weighted by atomic mass is 9.98. The summed E-state index contributed by atoms with van der Waals surface area (Å²) < 4.78 is 12.1.